The van der Waals surface area contributed by atoms with Crippen molar-refractivity contribution in [2.24, 2.45) is 0 Å². The van der Waals surface area contributed by atoms with Crippen LogP contribution in [0.25, 0.3) is 22.0 Å². The van der Waals surface area contributed by atoms with Crippen molar-refractivity contribution < 1.29 is 13.6 Å². The monoisotopic (exact) mass is 502 g/mol. The number of hydrogen-bond acceptors (Lipinski definition) is 5. The third kappa shape index (κ3) is 3.58. The Morgan fingerprint density at radius 1 is 1.29 bits per heavy atom. The maximum absolute atomic E-state index is 14.8. The lowest BCUT2D eigenvalue weighted by molar-refractivity contribution is -0.126. The molecule has 2 aliphatic heterocycles. The van der Waals surface area contributed by atoms with Crippen molar-refractivity contribution in [1.82, 2.24) is 14.5 Å². The Hall–Kier alpha value is -2.91. The Morgan fingerprint density at radius 3 is 2.82 bits per heavy atom. The van der Waals surface area contributed by atoms with Crippen molar-refractivity contribution in [1.29, 1.82) is 0 Å². The Labute approximate surface area is 203 Å². The minimum atomic E-state index is -0.981. The van der Waals surface area contributed by atoms with E-state index in [1.807, 2.05) is 11.8 Å². The molecule has 0 N–H and O–H groups in total. The van der Waals surface area contributed by atoms with Gasteiger partial charge in [-0.2, -0.15) is 4.98 Å². The Bertz CT molecular complexity index is 1410. The van der Waals surface area contributed by atoms with Gasteiger partial charge in [-0.25, -0.2) is 13.6 Å². The van der Waals surface area contributed by atoms with Crippen LogP contribution in [0.15, 0.2) is 46.6 Å². The van der Waals surface area contributed by atoms with Crippen LogP contribution in [0, 0.1) is 11.6 Å². The van der Waals surface area contributed by atoms with E-state index in [-0.39, 0.29) is 22.5 Å². The summed E-state index contributed by atoms with van der Waals surface area (Å²) in [5.41, 5.74) is 0.633. The molecule has 5 rings (SSSR count). The van der Waals surface area contributed by atoms with Crippen molar-refractivity contribution >= 4 is 46.0 Å². The van der Waals surface area contributed by atoms with Crippen molar-refractivity contribution in [2.45, 2.75) is 24.4 Å². The molecule has 34 heavy (non-hydrogen) atoms. The third-order valence-corrected chi connectivity index (χ3v) is 7.69. The number of aryl methyl sites for hydroxylation is 1. The summed E-state index contributed by atoms with van der Waals surface area (Å²) in [6, 6.07) is 5.55. The zero-order valence-electron chi connectivity index (χ0n) is 18.4. The van der Waals surface area contributed by atoms with Gasteiger partial charge in [0, 0.05) is 59.4 Å². The van der Waals surface area contributed by atoms with Crippen LogP contribution in [0.1, 0.15) is 6.92 Å². The van der Waals surface area contributed by atoms with Gasteiger partial charge in [-0.3, -0.25) is 9.36 Å². The first-order chi connectivity index (χ1) is 16.3. The van der Waals surface area contributed by atoms with Crippen LogP contribution in [0.4, 0.5) is 14.6 Å². The molecule has 0 radical (unpaired) electrons. The van der Waals surface area contributed by atoms with Crippen LogP contribution in [0.5, 0.6) is 0 Å². The van der Waals surface area contributed by atoms with Gasteiger partial charge in [0.2, 0.25) is 5.91 Å². The van der Waals surface area contributed by atoms with Crippen molar-refractivity contribution in [3.05, 3.63) is 64.1 Å². The highest BCUT2D eigenvalue weighted by Gasteiger charge is 2.31. The third-order valence-electron chi connectivity index (χ3n) is 6.32. The average Bonchev–Trinajstić information content (AvgIpc) is 2.83. The van der Waals surface area contributed by atoms with Crippen LogP contribution < -0.4 is 10.6 Å². The van der Waals surface area contributed by atoms with Crippen molar-refractivity contribution in [2.75, 3.05) is 30.3 Å². The highest BCUT2D eigenvalue weighted by atomic mass is 35.5. The second-order valence-electron chi connectivity index (χ2n) is 8.31. The van der Waals surface area contributed by atoms with Crippen LogP contribution in [-0.4, -0.2) is 51.8 Å². The zero-order valence-corrected chi connectivity index (χ0v) is 19.9. The first-order valence-electron chi connectivity index (χ1n) is 10.8. The lowest BCUT2D eigenvalue weighted by Crippen LogP contribution is -2.54. The topological polar surface area (TPSA) is 58.4 Å². The second kappa shape index (κ2) is 8.70. The van der Waals surface area contributed by atoms with E-state index >= 15 is 0 Å². The van der Waals surface area contributed by atoms with Gasteiger partial charge in [0.15, 0.2) is 11.6 Å². The number of amides is 1. The number of aromatic nitrogens is 2. The van der Waals surface area contributed by atoms with Gasteiger partial charge < -0.3 is 9.80 Å². The molecule has 0 unspecified atom stereocenters. The van der Waals surface area contributed by atoms with E-state index in [1.165, 1.54) is 30.0 Å². The fourth-order valence-electron chi connectivity index (χ4n) is 4.72. The summed E-state index contributed by atoms with van der Waals surface area (Å²) in [5, 5.41) is 0.922. The standard InChI is InChI=1S/C24H21ClF2N4O2S/c1-3-18(32)29-7-8-30(13(2)12-29)23-15-11-16(25)19(14-5-4-6-17(26)20(14)27)22-21(15)31(9-10-34-22)24(33)28-23/h3-6,11,13H,1,7-10,12H2,2H3/t13-/m0/s1. The van der Waals surface area contributed by atoms with Gasteiger partial charge in [0.25, 0.3) is 0 Å². The summed E-state index contributed by atoms with van der Waals surface area (Å²) < 4.78 is 30.4. The molecule has 3 heterocycles. The van der Waals surface area contributed by atoms with Gasteiger partial charge in [-0.15, -0.1) is 11.8 Å². The zero-order chi connectivity index (χ0) is 24.1. The van der Waals surface area contributed by atoms with E-state index in [9.17, 15) is 18.4 Å². The maximum atomic E-state index is 14.8. The maximum Gasteiger partial charge on any atom is 0.350 e. The quantitative estimate of drug-likeness (QED) is 0.499. The number of carbonyl (C=O) groups excluding carboxylic acids is 1. The second-order valence-corrected chi connectivity index (χ2v) is 9.82. The number of thioether (sulfide) groups is 1. The number of nitrogens with zero attached hydrogens (tertiary/aromatic N) is 4. The number of anilines is 1. The van der Waals surface area contributed by atoms with Crippen LogP contribution in [0.2, 0.25) is 5.02 Å². The van der Waals surface area contributed by atoms with Gasteiger partial charge >= 0.3 is 5.69 Å². The molecule has 3 aromatic rings. The fraction of sp³-hybridized carbons (Fsp3) is 0.292. The average molecular weight is 503 g/mol. The Kier molecular flexibility index (Phi) is 5.85. The molecular weight excluding hydrogens is 482 g/mol. The molecule has 0 saturated carbocycles. The molecule has 2 aromatic carbocycles. The number of piperazine rings is 1. The normalized spacial score (nSPS) is 17.8. The highest BCUT2D eigenvalue weighted by molar-refractivity contribution is 7.99. The SMILES string of the molecule is C=CC(=O)N1CCN(c2nc(=O)n3c4c(c(-c5cccc(F)c5F)c(Cl)cc24)SCC3)[C@@H](C)C1. The molecular formula is C24H21ClF2N4O2S. The summed E-state index contributed by atoms with van der Waals surface area (Å²) in [7, 11) is 0. The van der Waals surface area contributed by atoms with Crippen molar-refractivity contribution in [3.63, 3.8) is 0 Å². The molecule has 176 valence electrons. The molecule has 1 saturated heterocycles. The van der Waals surface area contributed by atoms with E-state index in [1.54, 1.807) is 15.5 Å². The lowest BCUT2D eigenvalue weighted by Gasteiger charge is -2.40. The summed E-state index contributed by atoms with van der Waals surface area (Å²) in [4.78, 5) is 33.9. The number of carbonyl (C=O) groups is 1. The molecule has 1 aromatic heterocycles. The summed E-state index contributed by atoms with van der Waals surface area (Å²) in [6.07, 6.45) is 1.29. The summed E-state index contributed by atoms with van der Waals surface area (Å²) in [5.74, 6) is -1.03. The lowest BCUT2D eigenvalue weighted by atomic mass is 10.0. The first-order valence-corrected chi connectivity index (χ1v) is 12.2. The molecule has 1 fully saturated rings. The van der Waals surface area contributed by atoms with E-state index in [4.69, 9.17) is 11.6 Å². The van der Waals surface area contributed by atoms with Gasteiger partial charge in [-0.05, 0) is 25.1 Å². The van der Waals surface area contributed by atoms with E-state index in [0.29, 0.717) is 59.1 Å². The van der Waals surface area contributed by atoms with Crippen LogP contribution in [-0.2, 0) is 11.3 Å². The first kappa shape index (κ1) is 22.9. The highest BCUT2D eigenvalue weighted by Crippen LogP contribution is 2.46. The molecule has 2 aliphatic rings. The van der Waals surface area contributed by atoms with E-state index in [2.05, 4.69) is 11.6 Å². The summed E-state index contributed by atoms with van der Waals surface area (Å²) >= 11 is 8.15. The van der Waals surface area contributed by atoms with Gasteiger partial charge in [-0.1, -0.05) is 30.3 Å². The minimum absolute atomic E-state index is 0.0542. The number of hydrogen-bond donors (Lipinski definition) is 0. The number of rotatable bonds is 3. The molecule has 0 spiro atoms. The fourth-order valence-corrected chi connectivity index (χ4v) is 6.28. The van der Waals surface area contributed by atoms with Crippen molar-refractivity contribution in [3.8, 4) is 11.1 Å². The Morgan fingerprint density at radius 2 is 2.09 bits per heavy atom. The molecule has 1 amide bonds. The summed E-state index contributed by atoms with van der Waals surface area (Å²) in [6.45, 7) is 7.36. The van der Waals surface area contributed by atoms with E-state index in [0.717, 1.165) is 6.07 Å². The minimum Gasteiger partial charge on any atom is -0.350 e. The largest absolute Gasteiger partial charge is 0.350 e. The molecule has 10 heteroatoms. The number of halogens is 3. The smallest absolute Gasteiger partial charge is 0.350 e. The molecule has 6 nitrogen and oxygen atoms in total. The molecule has 1 atom stereocenters. The van der Waals surface area contributed by atoms with Gasteiger partial charge in [0.05, 0.1) is 10.5 Å². The number of benzene rings is 2. The van der Waals surface area contributed by atoms with Crippen LogP contribution >= 0.6 is 23.4 Å². The predicted molar refractivity (Wildman–Crippen MR) is 131 cm³/mol. The van der Waals surface area contributed by atoms with E-state index < -0.39 is 17.3 Å². The Balaban J connectivity index is 1.72. The van der Waals surface area contributed by atoms with Gasteiger partial charge in [0.1, 0.15) is 5.82 Å². The van der Waals surface area contributed by atoms with Crippen LogP contribution in [0.3, 0.4) is 0 Å². The predicted octanol–water partition coefficient (Wildman–Crippen LogP) is 4.32. The molecule has 0 aliphatic carbocycles. The molecule has 0 bridgehead atoms.